The number of aromatic nitrogens is 2. The Balaban J connectivity index is 2.29. The number of hydrogen-bond acceptors (Lipinski definition) is 5. The number of anilines is 1. The van der Waals surface area contributed by atoms with Gasteiger partial charge >= 0.3 is 0 Å². The maximum Gasteiger partial charge on any atom is 0.270 e. The minimum Gasteiger partial charge on any atom is -0.377 e. The number of benzene rings is 1. The third-order valence-electron chi connectivity index (χ3n) is 3.22. The van der Waals surface area contributed by atoms with Gasteiger partial charge in [-0.1, -0.05) is 0 Å². The largest absolute Gasteiger partial charge is 0.377 e. The van der Waals surface area contributed by atoms with Crippen LogP contribution < -0.4 is 5.32 Å². The number of hydrogen-bond donors (Lipinski definition) is 1. The molecule has 1 heterocycles. The molecule has 0 saturated heterocycles. The average Bonchev–Trinajstić information content (AvgIpc) is 2.78. The summed E-state index contributed by atoms with van der Waals surface area (Å²) in [7, 11) is 1.84. The van der Waals surface area contributed by atoms with Crippen LogP contribution in [0.2, 0.25) is 0 Å². The van der Waals surface area contributed by atoms with E-state index in [1.165, 1.54) is 12.1 Å². The number of aryl methyl sites for hydroxylation is 2. The highest BCUT2D eigenvalue weighted by Crippen LogP contribution is 2.26. The monoisotopic (exact) mass is 285 g/mol. The first kappa shape index (κ1) is 14.5. The van der Waals surface area contributed by atoms with Crippen LogP contribution in [-0.2, 0) is 7.05 Å². The maximum atomic E-state index is 10.7. The predicted octanol–water partition coefficient (Wildman–Crippen LogP) is 2.68. The van der Waals surface area contributed by atoms with Gasteiger partial charge < -0.3 is 5.32 Å². The number of nitrogens with zero attached hydrogens (tertiary/aromatic N) is 4. The van der Waals surface area contributed by atoms with Crippen LogP contribution in [0, 0.1) is 28.4 Å². The van der Waals surface area contributed by atoms with Crippen molar-refractivity contribution >= 4 is 11.4 Å². The van der Waals surface area contributed by atoms with E-state index in [1.807, 2.05) is 33.2 Å². The normalized spacial score (nSPS) is 11.7. The van der Waals surface area contributed by atoms with Gasteiger partial charge in [0.2, 0.25) is 0 Å². The molecule has 2 rings (SSSR count). The molecule has 1 unspecified atom stereocenters. The smallest absolute Gasteiger partial charge is 0.270 e. The van der Waals surface area contributed by atoms with Gasteiger partial charge in [-0.2, -0.15) is 10.4 Å². The second kappa shape index (κ2) is 5.63. The molecule has 21 heavy (non-hydrogen) atoms. The van der Waals surface area contributed by atoms with Crippen molar-refractivity contribution in [2.24, 2.45) is 7.05 Å². The minimum atomic E-state index is -0.515. The Morgan fingerprint density at radius 1 is 1.52 bits per heavy atom. The van der Waals surface area contributed by atoms with Gasteiger partial charge in [-0.05, 0) is 19.9 Å². The highest BCUT2D eigenvalue weighted by atomic mass is 16.6. The lowest BCUT2D eigenvalue weighted by molar-refractivity contribution is -0.384. The van der Waals surface area contributed by atoms with Crippen molar-refractivity contribution < 1.29 is 4.92 Å². The van der Waals surface area contributed by atoms with Crippen molar-refractivity contribution in [1.82, 2.24) is 9.78 Å². The summed E-state index contributed by atoms with van der Waals surface area (Å²) in [6, 6.07) is 6.12. The minimum absolute atomic E-state index is 0.0627. The Morgan fingerprint density at radius 2 is 2.24 bits per heavy atom. The molecule has 2 aromatic rings. The number of nitrogens with one attached hydrogen (secondary N) is 1. The van der Waals surface area contributed by atoms with Crippen molar-refractivity contribution in [3.05, 3.63) is 51.3 Å². The highest BCUT2D eigenvalue weighted by Gasteiger charge is 2.15. The van der Waals surface area contributed by atoms with Crippen molar-refractivity contribution in [3.8, 4) is 6.07 Å². The molecular weight excluding hydrogens is 270 g/mol. The zero-order valence-electron chi connectivity index (χ0n) is 12.0. The van der Waals surface area contributed by atoms with Gasteiger partial charge in [0.15, 0.2) is 0 Å². The van der Waals surface area contributed by atoms with Crippen molar-refractivity contribution in [2.75, 3.05) is 5.32 Å². The zero-order valence-corrected chi connectivity index (χ0v) is 12.0. The second-order valence-electron chi connectivity index (χ2n) is 4.81. The Bertz CT molecular complexity index is 729. The molecule has 1 aromatic heterocycles. The fraction of sp³-hybridized carbons (Fsp3) is 0.286. The van der Waals surface area contributed by atoms with E-state index in [1.54, 1.807) is 10.7 Å². The van der Waals surface area contributed by atoms with Crippen molar-refractivity contribution in [3.63, 3.8) is 0 Å². The quantitative estimate of drug-likeness (QED) is 0.688. The van der Waals surface area contributed by atoms with E-state index in [4.69, 9.17) is 5.26 Å². The molecule has 0 amide bonds. The van der Waals surface area contributed by atoms with E-state index < -0.39 is 4.92 Å². The van der Waals surface area contributed by atoms with Crippen LogP contribution in [0.15, 0.2) is 24.4 Å². The van der Waals surface area contributed by atoms with E-state index in [-0.39, 0.29) is 17.3 Å². The molecule has 7 heteroatoms. The highest BCUT2D eigenvalue weighted by molar-refractivity contribution is 5.62. The number of non-ortho nitro benzene ring substituents is 1. The molecule has 1 aromatic carbocycles. The summed E-state index contributed by atoms with van der Waals surface area (Å²) in [6.07, 6.45) is 1.91. The van der Waals surface area contributed by atoms with Crippen LogP contribution >= 0.6 is 0 Å². The number of rotatable bonds is 4. The lowest BCUT2D eigenvalue weighted by Crippen LogP contribution is -2.08. The summed E-state index contributed by atoms with van der Waals surface area (Å²) >= 11 is 0. The number of nitriles is 1. The van der Waals surface area contributed by atoms with Crippen LogP contribution in [-0.4, -0.2) is 14.7 Å². The molecule has 1 N–H and O–H groups in total. The summed E-state index contributed by atoms with van der Waals surface area (Å²) in [5.74, 6) is 0. The van der Waals surface area contributed by atoms with Crippen LogP contribution in [0.25, 0.3) is 0 Å². The molecule has 1 atom stereocenters. The molecule has 0 saturated carbocycles. The molecule has 0 aliphatic heterocycles. The Morgan fingerprint density at radius 3 is 2.76 bits per heavy atom. The first-order valence-corrected chi connectivity index (χ1v) is 6.37. The van der Waals surface area contributed by atoms with Gasteiger partial charge in [0.25, 0.3) is 5.69 Å². The number of nitro groups is 1. The standard InChI is InChI=1S/C14H15N5O2/c1-9(13-8-18(3)17-10(13)2)16-14-5-4-12(19(20)21)6-11(14)7-15/h4-6,8-9,16H,1-3H3. The first-order valence-electron chi connectivity index (χ1n) is 6.37. The molecule has 108 valence electrons. The first-order chi connectivity index (χ1) is 9.92. The summed E-state index contributed by atoms with van der Waals surface area (Å²) in [5.41, 5.74) is 2.64. The van der Waals surface area contributed by atoms with Crippen LogP contribution in [0.5, 0.6) is 0 Å². The van der Waals surface area contributed by atoms with Gasteiger partial charge in [-0.25, -0.2) is 0 Å². The third kappa shape index (κ3) is 3.00. The van der Waals surface area contributed by atoms with Gasteiger partial charge in [-0.3, -0.25) is 14.8 Å². The fourth-order valence-corrected chi connectivity index (χ4v) is 2.22. The van der Waals surface area contributed by atoms with E-state index in [0.29, 0.717) is 5.69 Å². The maximum absolute atomic E-state index is 10.7. The zero-order chi connectivity index (χ0) is 15.6. The average molecular weight is 285 g/mol. The van der Waals surface area contributed by atoms with Crippen molar-refractivity contribution in [1.29, 1.82) is 5.26 Å². The summed E-state index contributed by atoms with van der Waals surface area (Å²) in [4.78, 5) is 10.2. The van der Waals surface area contributed by atoms with Gasteiger partial charge in [0.1, 0.15) is 6.07 Å². The Hall–Kier alpha value is -2.88. The van der Waals surface area contributed by atoms with E-state index in [9.17, 15) is 10.1 Å². The Kier molecular flexibility index (Phi) is 3.89. The van der Waals surface area contributed by atoms with Gasteiger partial charge in [-0.15, -0.1) is 0 Å². The van der Waals surface area contributed by atoms with Crippen LogP contribution in [0.1, 0.15) is 29.8 Å². The molecule has 0 fully saturated rings. The molecule has 0 aliphatic carbocycles. The molecule has 0 bridgehead atoms. The molecule has 7 nitrogen and oxygen atoms in total. The summed E-state index contributed by atoms with van der Waals surface area (Å²) < 4.78 is 1.73. The second-order valence-corrected chi connectivity index (χ2v) is 4.81. The van der Waals surface area contributed by atoms with E-state index in [0.717, 1.165) is 11.3 Å². The topological polar surface area (TPSA) is 96.8 Å². The fourth-order valence-electron chi connectivity index (χ4n) is 2.22. The molecule has 0 radical (unpaired) electrons. The molecular formula is C14H15N5O2. The van der Waals surface area contributed by atoms with Crippen LogP contribution in [0.3, 0.4) is 0 Å². The molecule has 0 aliphatic rings. The van der Waals surface area contributed by atoms with E-state index in [2.05, 4.69) is 10.4 Å². The summed E-state index contributed by atoms with van der Waals surface area (Å²) in [5, 5.41) is 27.3. The SMILES string of the molecule is Cc1nn(C)cc1C(C)Nc1ccc([N+](=O)[O-])cc1C#N. The van der Waals surface area contributed by atoms with E-state index >= 15 is 0 Å². The van der Waals surface area contributed by atoms with Gasteiger partial charge in [0, 0.05) is 30.9 Å². The summed E-state index contributed by atoms with van der Waals surface area (Å²) in [6.45, 7) is 3.86. The lowest BCUT2D eigenvalue weighted by Gasteiger charge is -2.15. The predicted molar refractivity (Wildman–Crippen MR) is 77.8 cm³/mol. The number of nitro benzene ring substituents is 1. The van der Waals surface area contributed by atoms with Crippen molar-refractivity contribution in [2.45, 2.75) is 19.9 Å². The lowest BCUT2D eigenvalue weighted by atomic mass is 10.1. The third-order valence-corrected chi connectivity index (χ3v) is 3.22. The van der Waals surface area contributed by atoms with Gasteiger partial charge in [0.05, 0.1) is 27.9 Å². The molecule has 0 spiro atoms. The Labute approximate surface area is 122 Å². The van der Waals surface area contributed by atoms with Crippen LogP contribution in [0.4, 0.5) is 11.4 Å².